The summed E-state index contributed by atoms with van der Waals surface area (Å²) in [5.41, 5.74) is 2.43. The maximum atomic E-state index is 5.38. The first-order valence-corrected chi connectivity index (χ1v) is 6.68. The van der Waals surface area contributed by atoms with Crippen molar-refractivity contribution in [2.45, 2.75) is 13.8 Å². The smallest absolute Gasteiger partial charge is 0.124 e. The van der Waals surface area contributed by atoms with Gasteiger partial charge in [-0.25, -0.2) is 0 Å². The van der Waals surface area contributed by atoms with Crippen LogP contribution in [0.25, 0.3) is 0 Å². The second-order valence-corrected chi connectivity index (χ2v) is 5.54. The second kappa shape index (κ2) is 5.33. The van der Waals surface area contributed by atoms with E-state index in [1.165, 1.54) is 21.7 Å². The fraction of sp³-hybridized carbons (Fsp3) is 0.200. The van der Waals surface area contributed by atoms with Gasteiger partial charge in [0.05, 0.1) is 7.11 Å². The predicted octanol–water partition coefficient (Wildman–Crippen LogP) is 2.94. The van der Waals surface area contributed by atoms with Crippen LogP contribution < -0.4 is 15.3 Å². The SMILES string of the molecule is COc1c(C)cc(Pc2ccccc2)cc1C. The number of methoxy groups -OCH3 is 1. The van der Waals surface area contributed by atoms with Gasteiger partial charge in [-0.3, -0.25) is 0 Å². The van der Waals surface area contributed by atoms with E-state index in [0.29, 0.717) is 8.58 Å². The van der Waals surface area contributed by atoms with E-state index in [1.807, 2.05) is 0 Å². The Morgan fingerprint density at radius 1 is 0.882 bits per heavy atom. The minimum absolute atomic E-state index is 0.712. The van der Waals surface area contributed by atoms with Gasteiger partial charge in [0.2, 0.25) is 0 Å². The van der Waals surface area contributed by atoms with Gasteiger partial charge in [-0.2, -0.15) is 0 Å². The summed E-state index contributed by atoms with van der Waals surface area (Å²) in [6.45, 7) is 4.20. The molecule has 0 saturated carbocycles. The van der Waals surface area contributed by atoms with E-state index in [0.717, 1.165) is 5.75 Å². The van der Waals surface area contributed by atoms with Gasteiger partial charge in [0.1, 0.15) is 5.75 Å². The van der Waals surface area contributed by atoms with Crippen molar-refractivity contribution in [2.24, 2.45) is 0 Å². The zero-order chi connectivity index (χ0) is 12.3. The standard InChI is InChI=1S/C15H17OP/c1-11-9-14(10-12(2)15(11)16-3)17-13-7-5-4-6-8-13/h4-10,17H,1-3H3. The van der Waals surface area contributed by atoms with Crippen molar-refractivity contribution in [3.8, 4) is 5.75 Å². The third-order valence-electron chi connectivity index (χ3n) is 2.73. The van der Waals surface area contributed by atoms with E-state index < -0.39 is 0 Å². The zero-order valence-electron chi connectivity index (χ0n) is 10.4. The van der Waals surface area contributed by atoms with Crippen LogP contribution in [0, 0.1) is 13.8 Å². The fourth-order valence-corrected chi connectivity index (χ4v) is 3.30. The highest BCUT2D eigenvalue weighted by molar-refractivity contribution is 7.55. The first kappa shape index (κ1) is 12.1. The lowest BCUT2D eigenvalue weighted by Crippen LogP contribution is -2.05. The Labute approximate surface area is 105 Å². The average molecular weight is 244 g/mol. The van der Waals surface area contributed by atoms with Crippen LogP contribution in [-0.4, -0.2) is 7.11 Å². The number of aryl methyl sites for hydroxylation is 2. The van der Waals surface area contributed by atoms with Gasteiger partial charge < -0.3 is 4.74 Å². The molecule has 0 N–H and O–H groups in total. The maximum absolute atomic E-state index is 5.38. The van der Waals surface area contributed by atoms with Crippen molar-refractivity contribution in [3.05, 3.63) is 53.6 Å². The van der Waals surface area contributed by atoms with E-state index in [-0.39, 0.29) is 0 Å². The Hall–Kier alpha value is -1.33. The Morgan fingerprint density at radius 2 is 1.47 bits per heavy atom. The molecule has 0 amide bonds. The summed E-state index contributed by atoms with van der Waals surface area (Å²) >= 11 is 0. The summed E-state index contributed by atoms with van der Waals surface area (Å²) in [5.74, 6) is 1.01. The molecule has 0 radical (unpaired) electrons. The quantitative estimate of drug-likeness (QED) is 0.754. The number of hydrogen-bond donors (Lipinski definition) is 0. The van der Waals surface area contributed by atoms with E-state index in [2.05, 4.69) is 56.3 Å². The molecule has 1 atom stereocenters. The summed E-state index contributed by atoms with van der Waals surface area (Å²) in [4.78, 5) is 0. The molecule has 88 valence electrons. The molecule has 0 aliphatic rings. The lowest BCUT2D eigenvalue weighted by Gasteiger charge is -2.11. The van der Waals surface area contributed by atoms with E-state index >= 15 is 0 Å². The highest BCUT2D eigenvalue weighted by Crippen LogP contribution is 2.23. The Bertz CT molecular complexity index is 483. The van der Waals surface area contributed by atoms with Gasteiger partial charge in [0.15, 0.2) is 0 Å². The minimum Gasteiger partial charge on any atom is -0.496 e. The van der Waals surface area contributed by atoms with Crippen LogP contribution in [0.3, 0.4) is 0 Å². The van der Waals surface area contributed by atoms with E-state index in [4.69, 9.17) is 4.74 Å². The molecule has 2 heteroatoms. The van der Waals surface area contributed by atoms with Gasteiger partial charge in [-0.15, -0.1) is 0 Å². The van der Waals surface area contributed by atoms with Crippen molar-refractivity contribution < 1.29 is 4.74 Å². The van der Waals surface area contributed by atoms with Gasteiger partial charge in [0, 0.05) is 0 Å². The molecule has 2 aromatic rings. The normalized spacial score (nSPS) is 11.0. The van der Waals surface area contributed by atoms with Crippen LogP contribution in [0.1, 0.15) is 11.1 Å². The van der Waals surface area contributed by atoms with Gasteiger partial charge in [-0.05, 0) is 47.7 Å². The minimum atomic E-state index is 0.712. The largest absolute Gasteiger partial charge is 0.496 e. The van der Waals surface area contributed by atoms with E-state index in [9.17, 15) is 0 Å². The number of ether oxygens (including phenoxy) is 1. The van der Waals surface area contributed by atoms with Crippen molar-refractivity contribution in [2.75, 3.05) is 7.11 Å². The summed E-state index contributed by atoms with van der Waals surface area (Å²) in [7, 11) is 2.44. The van der Waals surface area contributed by atoms with Crippen molar-refractivity contribution >= 4 is 19.2 Å². The molecule has 17 heavy (non-hydrogen) atoms. The van der Waals surface area contributed by atoms with Crippen molar-refractivity contribution in [3.63, 3.8) is 0 Å². The molecule has 0 bridgehead atoms. The third kappa shape index (κ3) is 2.87. The van der Waals surface area contributed by atoms with Crippen molar-refractivity contribution in [1.82, 2.24) is 0 Å². The van der Waals surface area contributed by atoms with Crippen molar-refractivity contribution in [1.29, 1.82) is 0 Å². The topological polar surface area (TPSA) is 9.23 Å². The summed E-state index contributed by atoms with van der Waals surface area (Å²) < 4.78 is 5.38. The summed E-state index contributed by atoms with van der Waals surface area (Å²) in [5, 5.41) is 2.74. The van der Waals surface area contributed by atoms with Crippen LogP contribution in [-0.2, 0) is 0 Å². The van der Waals surface area contributed by atoms with Crippen LogP contribution >= 0.6 is 8.58 Å². The highest BCUT2D eigenvalue weighted by Gasteiger charge is 2.05. The Morgan fingerprint density at radius 3 is 2.00 bits per heavy atom. The Kier molecular flexibility index (Phi) is 3.81. The van der Waals surface area contributed by atoms with E-state index in [1.54, 1.807) is 7.11 Å². The molecule has 2 rings (SSSR count). The van der Waals surface area contributed by atoms with Gasteiger partial charge >= 0.3 is 0 Å². The molecule has 0 aromatic heterocycles. The number of benzene rings is 2. The average Bonchev–Trinajstić information content (AvgIpc) is 2.30. The van der Waals surface area contributed by atoms with Crippen LogP contribution in [0.4, 0.5) is 0 Å². The second-order valence-electron chi connectivity index (χ2n) is 4.13. The molecular weight excluding hydrogens is 227 g/mol. The zero-order valence-corrected chi connectivity index (χ0v) is 11.4. The molecule has 0 heterocycles. The number of hydrogen-bond acceptors (Lipinski definition) is 1. The first-order chi connectivity index (χ1) is 8.20. The predicted molar refractivity (Wildman–Crippen MR) is 76.5 cm³/mol. The van der Waals surface area contributed by atoms with Gasteiger partial charge in [-0.1, -0.05) is 38.9 Å². The fourth-order valence-electron chi connectivity index (χ4n) is 2.03. The molecule has 1 unspecified atom stereocenters. The molecule has 0 saturated heterocycles. The van der Waals surface area contributed by atoms with Crippen LogP contribution in [0.15, 0.2) is 42.5 Å². The Balaban J connectivity index is 2.29. The molecule has 0 aliphatic carbocycles. The molecule has 2 aromatic carbocycles. The van der Waals surface area contributed by atoms with Crippen LogP contribution in [0.5, 0.6) is 5.75 Å². The molecule has 0 fully saturated rings. The lowest BCUT2D eigenvalue weighted by atomic mass is 10.1. The molecule has 1 nitrogen and oxygen atoms in total. The van der Waals surface area contributed by atoms with Gasteiger partial charge in [0.25, 0.3) is 0 Å². The molecule has 0 spiro atoms. The maximum Gasteiger partial charge on any atom is 0.124 e. The summed E-state index contributed by atoms with van der Waals surface area (Å²) in [6, 6.07) is 15.0. The highest BCUT2D eigenvalue weighted by atomic mass is 31.1. The first-order valence-electron chi connectivity index (χ1n) is 5.68. The number of rotatable bonds is 3. The lowest BCUT2D eigenvalue weighted by molar-refractivity contribution is 0.409. The van der Waals surface area contributed by atoms with Crippen LogP contribution in [0.2, 0.25) is 0 Å². The third-order valence-corrected chi connectivity index (χ3v) is 3.93. The molecule has 0 aliphatic heterocycles. The monoisotopic (exact) mass is 244 g/mol. The molecular formula is C15H17OP. The summed E-state index contributed by atoms with van der Waals surface area (Å²) in [6.07, 6.45) is 0.